The predicted molar refractivity (Wildman–Crippen MR) is 267 cm³/mol. The van der Waals surface area contributed by atoms with Gasteiger partial charge in [0.1, 0.15) is 60.2 Å². The SMILES string of the molecule is CCC(=O)NC(CC(C)C)C(=O)NC(C)C(=O)NC1Cc2ccc(cc2)Oc2cc(ccc2O)CC2NC(=O)C(C(C)CC)NC(=O)C(CC(C)C)NC(=O)C(CC(C)C)NC(=O)C(NC1=O)C(C)OC2=O. The molecule has 1 fully saturated rings. The van der Waals surface area contributed by atoms with Crippen molar-refractivity contribution >= 4 is 53.2 Å². The molecule has 0 saturated carbocycles. The van der Waals surface area contributed by atoms with E-state index in [1.54, 1.807) is 38.1 Å². The molecule has 20 heteroatoms. The molecule has 20 nitrogen and oxygen atoms in total. The third-order valence-electron chi connectivity index (χ3n) is 12.5. The van der Waals surface area contributed by atoms with Crippen molar-refractivity contribution in [2.45, 2.75) is 176 Å². The van der Waals surface area contributed by atoms with Gasteiger partial charge in [-0.05, 0) is 92.2 Å². The van der Waals surface area contributed by atoms with Gasteiger partial charge in [-0.25, -0.2) is 4.79 Å². The highest BCUT2D eigenvalue weighted by atomic mass is 16.5. The first-order chi connectivity index (χ1) is 33.9. The summed E-state index contributed by atoms with van der Waals surface area (Å²) in [7, 11) is 0. The minimum atomic E-state index is -1.73. The average molecular weight is 1010 g/mol. The van der Waals surface area contributed by atoms with Crippen molar-refractivity contribution in [2.75, 3.05) is 0 Å². The number of phenolic OH excluding ortho intramolecular Hbond substituents is 1. The summed E-state index contributed by atoms with van der Waals surface area (Å²) >= 11 is 0. The van der Waals surface area contributed by atoms with Crippen molar-refractivity contribution in [2.24, 2.45) is 23.7 Å². The van der Waals surface area contributed by atoms with Crippen molar-refractivity contribution in [1.29, 1.82) is 0 Å². The van der Waals surface area contributed by atoms with Crippen LogP contribution in [0.5, 0.6) is 17.2 Å². The molecule has 0 spiro atoms. The Labute approximate surface area is 422 Å². The molecule has 1 saturated heterocycles. The van der Waals surface area contributed by atoms with Crippen LogP contribution in [0.15, 0.2) is 42.5 Å². The summed E-state index contributed by atoms with van der Waals surface area (Å²) in [6, 6.07) is 0.305. The quantitative estimate of drug-likeness (QED) is 0.124. The van der Waals surface area contributed by atoms with Gasteiger partial charge in [0.2, 0.25) is 47.3 Å². The standard InChI is InChI=1S/C52H76N8O12/c1-12-29(9)43-50(68)58-39-24-33-16-19-40(61)41(25-33)72-34-17-14-32(15-18-34)23-38(55-45(63)30(10)53-46(64)35(20-26(3)4)54-42(62)13-2)49(67)60-44(31(11)71-52(39)70)51(69)57-36(21-27(5)6)47(65)56-37(22-28(7)8)48(66)59-43/h14-19,25-31,35-39,43-44,61H,12-13,20-24H2,1-11H3,(H,53,64)(H,54,62)(H,55,63)(H,56,65)(H,57,69)(H,58,68)(H,59,66)(H,60,67). The molecule has 0 aliphatic carbocycles. The Balaban J connectivity index is 1.88. The number of benzene rings is 2. The van der Waals surface area contributed by atoms with E-state index in [4.69, 9.17) is 9.47 Å². The molecule has 3 heterocycles. The number of aromatic hydroxyl groups is 1. The molecule has 0 radical (unpaired) electrons. The molecule has 72 heavy (non-hydrogen) atoms. The van der Waals surface area contributed by atoms with Gasteiger partial charge in [-0.2, -0.15) is 0 Å². The van der Waals surface area contributed by atoms with Crippen molar-refractivity contribution in [3.8, 4) is 17.2 Å². The molecular formula is C52H76N8O12. The Morgan fingerprint density at radius 1 is 0.681 bits per heavy atom. The summed E-state index contributed by atoms with van der Waals surface area (Å²) in [6.45, 7) is 19.1. The van der Waals surface area contributed by atoms with E-state index in [1.165, 1.54) is 32.0 Å². The summed E-state index contributed by atoms with van der Waals surface area (Å²) in [5, 5.41) is 32.6. The van der Waals surface area contributed by atoms with Gasteiger partial charge in [0.05, 0.1) is 0 Å². The van der Waals surface area contributed by atoms with Gasteiger partial charge in [-0.15, -0.1) is 0 Å². The molecular weight excluding hydrogens is 929 g/mol. The number of carbonyl (C=O) groups excluding carboxylic acids is 9. The largest absolute Gasteiger partial charge is 0.504 e. The van der Waals surface area contributed by atoms with E-state index >= 15 is 0 Å². The van der Waals surface area contributed by atoms with Gasteiger partial charge in [0.25, 0.3) is 0 Å². The van der Waals surface area contributed by atoms with Crippen molar-refractivity contribution in [1.82, 2.24) is 42.5 Å². The molecule has 6 bridgehead atoms. The summed E-state index contributed by atoms with van der Waals surface area (Å²) < 4.78 is 12.0. The maximum absolute atomic E-state index is 14.7. The van der Waals surface area contributed by atoms with Crippen LogP contribution in [-0.4, -0.2) is 113 Å². The van der Waals surface area contributed by atoms with Crippen LogP contribution < -0.4 is 47.3 Å². The second-order valence-electron chi connectivity index (χ2n) is 20.3. The highest BCUT2D eigenvalue weighted by Crippen LogP contribution is 2.32. The van der Waals surface area contributed by atoms with Crippen LogP contribution in [-0.2, 0) is 60.7 Å². The number of hydrogen-bond acceptors (Lipinski definition) is 12. The summed E-state index contributed by atoms with van der Waals surface area (Å²) in [5.41, 5.74) is 0.917. The van der Waals surface area contributed by atoms with Crippen molar-refractivity contribution < 1.29 is 57.7 Å². The number of phenols is 1. The van der Waals surface area contributed by atoms with Gasteiger partial charge < -0.3 is 57.1 Å². The van der Waals surface area contributed by atoms with Crippen LogP contribution in [0.2, 0.25) is 0 Å². The van der Waals surface area contributed by atoms with Gasteiger partial charge in [-0.3, -0.25) is 38.4 Å². The van der Waals surface area contributed by atoms with Gasteiger partial charge in [0, 0.05) is 19.3 Å². The zero-order valence-corrected chi connectivity index (χ0v) is 43.4. The van der Waals surface area contributed by atoms with E-state index in [9.17, 15) is 48.3 Å². The second-order valence-corrected chi connectivity index (χ2v) is 20.3. The molecule has 3 aliphatic rings. The lowest BCUT2D eigenvalue weighted by Gasteiger charge is -2.32. The second kappa shape index (κ2) is 26.6. The first kappa shape index (κ1) is 57.8. The van der Waals surface area contributed by atoms with E-state index in [0.29, 0.717) is 17.5 Å². The molecule has 2 aromatic rings. The third kappa shape index (κ3) is 17.0. The minimum Gasteiger partial charge on any atom is -0.504 e. The highest BCUT2D eigenvalue weighted by Gasteiger charge is 2.40. The molecule has 10 unspecified atom stereocenters. The Morgan fingerprint density at radius 2 is 1.28 bits per heavy atom. The molecule has 8 amide bonds. The maximum atomic E-state index is 14.7. The van der Waals surface area contributed by atoms with Crippen LogP contribution in [0.25, 0.3) is 0 Å². The highest BCUT2D eigenvalue weighted by molar-refractivity contribution is 5.98. The summed E-state index contributed by atoms with van der Waals surface area (Å²) in [5.74, 6) is -7.51. The van der Waals surface area contributed by atoms with Gasteiger partial charge in [-0.1, -0.05) is 86.9 Å². The molecule has 0 aromatic heterocycles. The summed E-state index contributed by atoms with van der Waals surface area (Å²) in [6.07, 6.45) is -0.824. The average Bonchev–Trinajstić information content (AvgIpc) is 3.31. The Bertz CT molecular complexity index is 2270. The monoisotopic (exact) mass is 1000 g/mol. The van der Waals surface area contributed by atoms with Crippen molar-refractivity contribution in [3.63, 3.8) is 0 Å². The lowest BCUT2D eigenvalue weighted by molar-refractivity contribution is -0.156. The lowest BCUT2D eigenvalue weighted by atomic mass is 9.95. The van der Waals surface area contributed by atoms with E-state index in [0.717, 1.165) is 0 Å². The number of carbonyl (C=O) groups is 9. The number of nitrogens with one attached hydrogen (secondary N) is 8. The molecule has 9 N–H and O–H groups in total. The smallest absolute Gasteiger partial charge is 0.329 e. The van der Waals surface area contributed by atoms with Gasteiger partial charge >= 0.3 is 5.97 Å². The molecule has 2 aromatic carbocycles. The number of ether oxygens (including phenoxy) is 2. The molecule has 3 aliphatic heterocycles. The molecule has 10 atom stereocenters. The topological polar surface area (TPSA) is 289 Å². The van der Waals surface area contributed by atoms with Gasteiger partial charge in [0.15, 0.2) is 11.5 Å². The Hall–Kier alpha value is -6.73. The maximum Gasteiger partial charge on any atom is 0.329 e. The van der Waals surface area contributed by atoms with E-state index in [-0.39, 0.29) is 79.4 Å². The molecule has 5 rings (SSSR count). The van der Waals surface area contributed by atoms with E-state index < -0.39 is 108 Å². The summed E-state index contributed by atoms with van der Waals surface area (Å²) in [4.78, 5) is 126. The zero-order chi connectivity index (χ0) is 53.6. The number of hydrogen-bond donors (Lipinski definition) is 9. The zero-order valence-electron chi connectivity index (χ0n) is 43.4. The van der Waals surface area contributed by atoms with Crippen LogP contribution in [0.3, 0.4) is 0 Å². The predicted octanol–water partition coefficient (Wildman–Crippen LogP) is 2.72. The fourth-order valence-corrected chi connectivity index (χ4v) is 8.28. The van der Waals surface area contributed by atoms with Crippen LogP contribution >= 0.6 is 0 Å². The molecule has 396 valence electrons. The number of rotatable bonds is 14. The normalized spacial score (nSPS) is 23.8. The Kier molecular flexibility index (Phi) is 21.4. The Morgan fingerprint density at radius 3 is 1.86 bits per heavy atom. The van der Waals surface area contributed by atoms with Crippen LogP contribution in [0.1, 0.15) is 119 Å². The fourth-order valence-electron chi connectivity index (χ4n) is 8.28. The fraction of sp³-hybridized carbons (Fsp3) is 0.596. The van der Waals surface area contributed by atoms with Crippen LogP contribution in [0, 0.1) is 23.7 Å². The lowest BCUT2D eigenvalue weighted by Crippen LogP contribution is -2.63. The minimum absolute atomic E-state index is 0.00348. The van der Waals surface area contributed by atoms with Crippen LogP contribution in [0.4, 0.5) is 0 Å². The third-order valence-corrected chi connectivity index (χ3v) is 12.5. The van der Waals surface area contributed by atoms with E-state index in [2.05, 4.69) is 42.5 Å². The first-order valence-electron chi connectivity index (χ1n) is 25.1. The number of amides is 8. The number of esters is 1. The van der Waals surface area contributed by atoms with Crippen molar-refractivity contribution in [3.05, 3.63) is 53.6 Å². The van der Waals surface area contributed by atoms with E-state index in [1.807, 2.05) is 48.5 Å². The first-order valence-corrected chi connectivity index (χ1v) is 25.1. The number of fused-ring (bicyclic) bond motifs is 5.